The van der Waals surface area contributed by atoms with Gasteiger partial charge in [0.2, 0.25) is 0 Å². The Morgan fingerprint density at radius 1 is 1.56 bits per heavy atom. The van der Waals surface area contributed by atoms with Crippen LogP contribution in [0.15, 0.2) is 18.2 Å². The summed E-state index contributed by atoms with van der Waals surface area (Å²) in [5, 5.41) is 9.21. The molecule has 1 unspecified atom stereocenters. The lowest BCUT2D eigenvalue weighted by atomic mass is 10.1. The lowest BCUT2D eigenvalue weighted by Crippen LogP contribution is -2.29. The number of benzene rings is 1. The number of ether oxygens (including phenoxy) is 1. The van der Waals surface area contributed by atoms with Gasteiger partial charge < -0.3 is 20.5 Å². The van der Waals surface area contributed by atoms with Crippen molar-refractivity contribution >= 4 is 11.6 Å². The zero-order valence-corrected chi connectivity index (χ0v) is 11.0. The number of aliphatic hydroxyl groups is 1. The summed E-state index contributed by atoms with van der Waals surface area (Å²) < 4.78 is 5.15. The summed E-state index contributed by atoms with van der Waals surface area (Å²) in [7, 11) is 3.20. The number of hydrogen-bond donors (Lipinski definition) is 2. The highest BCUT2D eigenvalue weighted by Crippen LogP contribution is 2.22. The maximum atomic E-state index is 12.2. The molecular weight excluding hydrogens is 232 g/mol. The van der Waals surface area contributed by atoms with Gasteiger partial charge in [0.15, 0.2) is 0 Å². The highest BCUT2D eigenvalue weighted by molar-refractivity contribution is 5.97. The van der Waals surface area contributed by atoms with E-state index in [0.29, 0.717) is 30.0 Å². The molecule has 1 aromatic rings. The number of carbonyl (C=O) groups is 1. The Morgan fingerprint density at radius 2 is 2.22 bits per heavy atom. The molecule has 0 aliphatic rings. The van der Waals surface area contributed by atoms with Crippen LogP contribution in [0.3, 0.4) is 0 Å². The first kappa shape index (κ1) is 14.3. The monoisotopic (exact) mass is 252 g/mol. The molecule has 0 saturated carbocycles. The fraction of sp³-hybridized carbons (Fsp3) is 0.462. The van der Waals surface area contributed by atoms with E-state index in [9.17, 15) is 9.90 Å². The zero-order valence-electron chi connectivity index (χ0n) is 11.0. The molecule has 1 aromatic carbocycles. The Bertz CT molecular complexity index is 419. The van der Waals surface area contributed by atoms with Crippen LogP contribution in [0.5, 0.6) is 5.75 Å². The van der Waals surface area contributed by atoms with Crippen LogP contribution in [0.25, 0.3) is 0 Å². The number of amides is 1. The van der Waals surface area contributed by atoms with E-state index in [1.165, 1.54) is 7.11 Å². The molecule has 18 heavy (non-hydrogen) atoms. The minimum Gasteiger partial charge on any atom is -0.496 e. The molecule has 100 valence electrons. The van der Waals surface area contributed by atoms with Gasteiger partial charge in [-0.25, -0.2) is 0 Å². The predicted molar refractivity (Wildman–Crippen MR) is 70.7 cm³/mol. The molecule has 0 saturated heterocycles. The van der Waals surface area contributed by atoms with Crippen LogP contribution in [0, 0.1) is 0 Å². The van der Waals surface area contributed by atoms with Crippen molar-refractivity contribution in [3.05, 3.63) is 23.8 Å². The smallest absolute Gasteiger partial charge is 0.257 e. The number of hydrogen-bond acceptors (Lipinski definition) is 4. The second-order valence-electron chi connectivity index (χ2n) is 4.32. The first-order valence-corrected chi connectivity index (χ1v) is 5.82. The number of nitrogens with zero attached hydrogens (tertiary/aromatic N) is 1. The Balaban J connectivity index is 2.83. The van der Waals surface area contributed by atoms with E-state index in [1.807, 2.05) is 0 Å². The highest BCUT2D eigenvalue weighted by Gasteiger charge is 2.16. The number of methoxy groups -OCH3 is 1. The molecule has 0 aliphatic heterocycles. The van der Waals surface area contributed by atoms with Crippen LogP contribution >= 0.6 is 0 Å². The van der Waals surface area contributed by atoms with Gasteiger partial charge in [0.1, 0.15) is 5.75 Å². The fourth-order valence-electron chi connectivity index (χ4n) is 1.57. The van der Waals surface area contributed by atoms with Crippen LogP contribution in [0.1, 0.15) is 23.7 Å². The number of nitrogens with two attached hydrogens (primary N) is 1. The molecule has 1 amide bonds. The third kappa shape index (κ3) is 3.63. The first-order chi connectivity index (χ1) is 8.45. The Labute approximate surface area is 107 Å². The van der Waals surface area contributed by atoms with E-state index in [1.54, 1.807) is 37.1 Å². The van der Waals surface area contributed by atoms with Gasteiger partial charge >= 0.3 is 0 Å². The van der Waals surface area contributed by atoms with Gasteiger partial charge in [0, 0.05) is 25.3 Å². The molecule has 0 aliphatic carbocycles. The van der Waals surface area contributed by atoms with Crippen molar-refractivity contribution in [2.45, 2.75) is 19.4 Å². The molecule has 0 aromatic heterocycles. The van der Waals surface area contributed by atoms with Crippen molar-refractivity contribution in [2.24, 2.45) is 0 Å². The normalized spacial score (nSPS) is 12.0. The van der Waals surface area contributed by atoms with E-state index in [-0.39, 0.29) is 5.91 Å². The Hall–Kier alpha value is -1.75. The number of aliphatic hydroxyl groups excluding tert-OH is 1. The Kier molecular flexibility index (Phi) is 4.97. The van der Waals surface area contributed by atoms with E-state index in [4.69, 9.17) is 10.5 Å². The van der Waals surface area contributed by atoms with E-state index < -0.39 is 6.10 Å². The summed E-state index contributed by atoms with van der Waals surface area (Å²) in [5.74, 6) is 0.316. The number of nitrogen functional groups attached to an aromatic ring is 1. The van der Waals surface area contributed by atoms with Gasteiger partial charge in [-0.3, -0.25) is 4.79 Å². The van der Waals surface area contributed by atoms with Crippen molar-refractivity contribution < 1.29 is 14.6 Å². The third-order valence-corrected chi connectivity index (χ3v) is 2.68. The third-order valence-electron chi connectivity index (χ3n) is 2.68. The molecule has 0 spiro atoms. The second kappa shape index (κ2) is 6.26. The molecule has 5 heteroatoms. The van der Waals surface area contributed by atoms with Crippen LogP contribution < -0.4 is 10.5 Å². The maximum Gasteiger partial charge on any atom is 0.257 e. The summed E-state index contributed by atoms with van der Waals surface area (Å²) in [5.41, 5.74) is 6.66. The average molecular weight is 252 g/mol. The van der Waals surface area contributed by atoms with Gasteiger partial charge in [0.05, 0.1) is 18.8 Å². The SMILES string of the molecule is COc1cc(N)ccc1C(=O)N(C)CCC(C)O. The van der Waals surface area contributed by atoms with Gasteiger partial charge in [-0.15, -0.1) is 0 Å². The molecule has 0 bridgehead atoms. The fourth-order valence-corrected chi connectivity index (χ4v) is 1.57. The summed E-state index contributed by atoms with van der Waals surface area (Å²) >= 11 is 0. The average Bonchev–Trinajstić information content (AvgIpc) is 2.34. The maximum absolute atomic E-state index is 12.2. The quantitative estimate of drug-likeness (QED) is 0.770. The van der Waals surface area contributed by atoms with Crippen LogP contribution in [-0.4, -0.2) is 42.7 Å². The van der Waals surface area contributed by atoms with Gasteiger partial charge in [-0.1, -0.05) is 0 Å². The van der Waals surface area contributed by atoms with E-state index in [2.05, 4.69) is 0 Å². The summed E-state index contributed by atoms with van der Waals surface area (Å²) in [6, 6.07) is 4.93. The molecule has 0 radical (unpaired) electrons. The summed E-state index contributed by atoms with van der Waals surface area (Å²) in [6.07, 6.45) is 0.119. The molecule has 0 fully saturated rings. The largest absolute Gasteiger partial charge is 0.496 e. The van der Waals surface area contributed by atoms with Crippen molar-refractivity contribution in [1.82, 2.24) is 4.90 Å². The van der Waals surface area contributed by atoms with Crippen LogP contribution in [0.2, 0.25) is 0 Å². The zero-order chi connectivity index (χ0) is 13.7. The highest BCUT2D eigenvalue weighted by atomic mass is 16.5. The summed E-state index contributed by atoms with van der Waals surface area (Å²) in [4.78, 5) is 13.7. The standard InChI is InChI=1S/C13H20N2O3/c1-9(16)6-7-15(2)13(17)11-5-4-10(14)8-12(11)18-3/h4-5,8-9,16H,6-7,14H2,1-3H3. The van der Waals surface area contributed by atoms with Crippen molar-refractivity contribution in [2.75, 3.05) is 26.4 Å². The molecule has 1 atom stereocenters. The predicted octanol–water partition coefficient (Wildman–Crippen LogP) is 1.12. The van der Waals surface area contributed by atoms with Crippen molar-refractivity contribution in [1.29, 1.82) is 0 Å². The first-order valence-electron chi connectivity index (χ1n) is 5.82. The van der Waals surface area contributed by atoms with Crippen molar-refractivity contribution in [3.8, 4) is 5.75 Å². The lowest BCUT2D eigenvalue weighted by molar-refractivity contribution is 0.0766. The lowest BCUT2D eigenvalue weighted by Gasteiger charge is -2.19. The molecule has 5 nitrogen and oxygen atoms in total. The second-order valence-corrected chi connectivity index (χ2v) is 4.32. The van der Waals surface area contributed by atoms with Crippen LogP contribution in [0.4, 0.5) is 5.69 Å². The number of rotatable bonds is 5. The number of anilines is 1. The minimum atomic E-state index is -0.423. The minimum absolute atomic E-state index is 0.146. The van der Waals surface area contributed by atoms with E-state index in [0.717, 1.165) is 0 Å². The molecule has 1 rings (SSSR count). The Morgan fingerprint density at radius 3 is 2.78 bits per heavy atom. The van der Waals surface area contributed by atoms with Crippen LogP contribution in [-0.2, 0) is 0 Å². The van der Waals surface area contributed by atoms with Gasteiger partial charge in [-0.05, 0) is 25.5 Å². The van der Waals surface area contributed by atoms with E-state index >= 15 is 0 Å². The molecular formula is C13H20N2O3. The molecule has 0 heterocycles. The molecule has 3 N–H and O–H groups in total. The topological polar surface area (TPSA) is 75.8 Å². The van der Waals surface area contributed by atoms with Crippen molar-refractivity contribution in [3.63, 3.8) is 0 Å². The number of carbonyl (C=O) groups excluding carboxylic acids is 1. The van der Waals surface area contributed by atoms with Gasteiger partial charge in [-0.2, -0.15) is 0 Å². The summed E-state index contributed by atoms with van der Waals surface area (Å²) in [6.45, 7) is 2.19. The van der Waals surface area contributed by atoms with Gasteiger partial charge in [0.25, 0.3) is 5.91 Å².